The molecule has 0 aliphatic heterocycles. The van der Waals surface area contributed by atoms with Crippen LogP contribution in [0.15, 0.2) is 51.9 Å². The molecule has 0 saturated heterocycles. The van der Waals surface area contributed by atoms with Gasteiger partial charge < -0.3 is 15.3 Å². The number of hydrogen-bond acceptors (Lipinski definition) is 4. The monoisotopic (exact) mass is 349 g/mol. The Labute approximate surface area is 131 Å². The number of benzene rings is 2. The highest BCUT2D eigenvalue weighted by Crippen LogP contribution is 2.23. The van der Waals surface area contributed by atoms with Gasteiger partial charge in [0.15, 0.2) is 0 Å². The summed E-state index contributed by atoms with van der Waals surface area (Å²) in [6.45, 7) is 1.78. The van der Waals surface area contributed by atoms with Crippen molar-refractivity contribution in [2.24, 2.45) is 4.99 Å². The van der Waals surface area contributed by atoms with E-state index in [0.717, 1.165) is 4.47 Å². The van der Waals surface area contributed by atoms with Gasteiger partial charge in [-0.25, -0.2) is 0 Å². The normalized spacial score (nSPS) is 14.2. The fourth-order valence-electron chi connectivity index (χ4n) is 1.86. The molecule has 4 nitrogen and oxygen atoms in total. The molecular weight excluding hydrogens is 334 g/mol. The second-order valence-corrected chi connectivity index (χ2v) is 5.67. The third-order valence-corrected chi connectivity index (χ3v) is 3.62. The van der Waals surface area contributed by atoms with E-state index in [2.05, 4.69) is 20.9 Å². The van der Waals surface area contributed by atoms with Crippen molar-refractivity contribution in [2.75, 3.05) is 0 Å². The van der Waals surface area contributed by atoms with Gasteiger partial charge in [-0.05, 0) is 42.8 Å². The van der Waals surface area contributed by atoms with Gasteiger partial charge in [0, 0.05) is 16.3 Å². The van der Waals surface area contributed by atoms with Crippen molar-refractivity contribution in [1.82, 2.24) is 0 Å². The highest BCUT2D eigenvalue weighted by atomic mass is 79.9. The first-order chi connectivity index (χ1) is 9.97. The molecule has 0 aliphatic rings. The van der Waals surface area contributed by atoms with Crippen LogP contribution >= 0.6 is 15.9 Å². The molecule has 0 fully saturated rings. The second kappa shape index (κ2) is 6.74. The Bertz CT molecular complexity index is 640. The lowest BCUT2D eigenvalue weighted by Crippen LogP contribution is -2.12. The van der Waals surface area contributed by atoms with E-state index in [9.17, 15) is 15.3 Å². The summed E-state index contributed by atoms with van der Waals surface area (Å²) < 4.78 is 0.841. The van der Waals surface area contributed by atoms with Crippen LogP contribution in [0.1, 0.15) is 24.2 Å². The maximum atomic E-state index is 10.2. The minimum Gasteiger partial charge on any atom is -0.508 e. The Morgan fingerprint density at radius 3 is 2.43 bits per heavy atom. The van der Waals surface area contributed by atoms with Crippen LogP contribution in [0, 0.1) is 0 Å². The van der Waals surface area contributed by atoms with E-state index >= 15 is 0 Å². The number of aliphatic hydroxyl groups is 1. The molecule has 0 amide bonds. The molecule has 0 aromatic heterocycles. The zero-order chi connectivity index (χ0) is 15.4. The van der Waals surface area contributed by atoms with Crippen LogP contribution in [-0.2, 0) is 0 Å². The number of aromatic hydroxyl groups is 2. The molecule has 0 saturated carbocycles. The van der Waals surface area contributed by atoms with Crippen LogP contribution in [0.4, 0.5) is 0 Å². The number of halogens is 1. The molecule has 0 bridgehead atoms. The summed E-state index contributed by atoms with van der Waals surface area (Å²) in [6, 6.07) is 11.0. The Morgan fingerprint density at radius 2 is 1.76 bits per heavy atom. The molecule has 2 atom stereocenters. The number of phenols is 2. The molecule has 2 rings (SSSR count). The lowest BCUT2D eigenvalue weighted by atomic mass is 10.0. The maximum Gasteiger partial charge on any atom is 0.124 e. The molecule has 2 aromatic rings. The predicted octanol–water partition coefficient (Wildman–Crippen LogP) is 3.40. The standard InChI is InChI=1S/C16H16BrNO3/c1-10(16(21)11-2-5-14(19)6-3-11)18-9-12-8-13(17)4-7-15(12)20/h2-10,16,19-21H,1H3/t10-,16+/m0/s1. The Morgan fingerprint density at radius 1 is 1.10 bits per heavy atom. The van der Waals surface area contributed by atoms with Crippen LogP contribution in [0.3, 0.4) is 0 Å². The largest absolute Gasteiger partial charge is 0.508 e. The molecule has 21 heavy (non-hydrogen) atoms. The molecule has 2 aromatic carbocycles. The first-order valence-electron chi connectivity index (χ1n) is 6.46. The zero-order valence-electron chi connectivity index (χ0n) is 11.4. The topological polar surface area (TPSA) is 73.1 Å². The van der Waals surface area contributed by atoms with Gasteiger partial charge in [0.2, 0.25) is 0 Å². The lowest BCUT2D eigenvalue weighted by molar-refractivity contribution is 0.154. The molecule has 0 spiro atoms. The number of aliphatic imine (C=N–C) groups is 1. The van der Waals surface area contributed by atoms with E-state index in [1.165, 1.54) is 18.3 Å². The molecule has 0 aliphatic carbocycles. The summed E-state index contributed by atoms with van der Waals surface area (Å²) in [5.74, 6) is 0.287. The van der Waals surface area contributed by atoms with E-state index < -0.39 is 6.10 Å². The summed E-state index contributed by atoms with van der Waals surface area (Å²) in [4.78, 5) is 4.28. The molecule has 0 heterocycles. The van der Waals surface area contributed by atoms with E-state index in [-0.39, 0.29) is 17.5 Å². The highest BCUT2D eigenvalue weighted by Gasteiger charge is 2.15. The first-order valence-corrected chi connectivity index (χ1v) is 7.25. The quantitative estimate of drug-likeness (QED) is 0.740. The van der Waals surface area contributed by atoms with Crippen LogP contribution < -0.4 is 0 Å². The SMILES string of the molecule is C[C@H](N=Cc1cc(Br)ccc1O)[C@@H](O)c1ccc(O)cc1. The van der Waals surface area contributed by atoms with Gasteiger partial charge in [-0.1, -0.05) is 28.1 Å². The summed E-state index contributed by atoms with van der Waals surface area (Å²) in [7, 11) is 0. The zero-order valence-corrected chi connectivity index (χ0v) is 13.0. The summed E-state index contributed by atoms with van der Waals surface area (Å²) in [6.07, 6.45) is 0.755. The second-order valence-electron chi connectivity index (χ2n) is 4.76. The minimum absolute atomic E-state index is 0.133. The number of phenolic OH excluding ortho intramolecular Hbond substituents is 2. The fourth-order valence-corrected chi connectivity index (χ4v) is 2.24. The van der Waals surface area contributed by atoms with Crippen molar-refractivity contribution in [3.05, 3.63) is 58.1 Å². The summed E-state index contributed by atoms with van der Waals surface area (Å²) in [5.41, 5.74) is 1.25. The number of rotatable bonds is 4. The highest BCUT2D eigenvalue weighted by molar-refractivity contribution is 9.10. The average Bonchev–Trinajstić information content (AvgIpc) is 2.48. The van der Waals surface area contributed by atoms with E-state index in [1.54, 1.807) is 37.3 Å². The van der Waals surface area contributed by atoms with Gasteiger partial charge in [0.05, 0.1) is 6.04 Å². The van der Waals surface area contributed by atoms with E-state index in [4.69, 9.17) is 0 Å². The molecule has 0 unspecified atom stereocenters. The van der Waals surface area contributed by atoms with Crippen molar-refractivity contribution in [3.63, 3.8) is 0 Å². The number of nitrogens with zero attached hydrogens (tertiary/aromatic N) is 1. The molecule has 5 heteroatoms. The maximum absolute atomic E-state index is 10.2. The van der Waals surface area contributed by atoms with Crippen molar-refractivity contribution >= 4 is 22.1 Å². The van der Waals surface area contributed by atoms with Crippen LogP contribution in [-0.4, -0.2) is 27.6 Å². The Balaban J connectivity index is 2.13. The molecule has 3 N–H and O–H groups in total. The van der Waals surface area contributed by atoms with Crippen LogP contribution in [0.2, 0.25) is 0 Å². The van der Waals surface area contributed by atoms with Crippen molar-refractivity contribution in [3.8, 4) is 11.5 Å². The van der Waals surface area contributed by atoms with Crippen molar-refractivity contribution in [2.45, 2.75) is 19.1 Å². The first kappa shape index (κ1) is 15.5. The molecular formula is C16H16BrNO3. The van der Waals surface area contributed by atoms with Crippen molar-refractivity contribution < 1.29 is 15.3 Å². The number of hydrogen-bond donors (Lipinski definition) is 3. The molecule has 110 valence electrons. The van der Waals surface area contributed by atoms with Gasteiger partial charge in [0.25, 0.3) is 0 Å². The summed E-state index contributed by atoms with van der Waals surface area (Å²) in [5, 5.41) is 29.2. The third-order valence-electron chi connectivity index (χ3n) is 3.13. The van der Waals surface area contributed by atoms with E-state index in [1.807, 2.05) is 0 Å². The third kappa shape index (κ3) is 4.06. The summed E-state index contributed by atoms with van der Waals surface area (Å²) >= 11 is 3.33. The smallest absolute Gasteiger partial charge is 0.124 e. The van der Waals surface area contributed by atoms with Crippen LogP contribution in [0.5, 0.6) is 11.5 Å². The Kier molecular flexibility index (Phi) is 4.98. The van der Waals surface area contributed by atoms with Gasteiger partial charge in [-0.3, -0.25) is 4.99 Å². The van der Waals surface area contributed by atoms with Gasteiger partial charge in [0.1, 0.15) is 17.6 Å². The van der Waals surface area contributed by atoms with E-state index in [0.29, 0.717) is 11.1 Å². The average molecular weight is 350 g/mol. The Hall–Kier alpha value is -1.85. The molecule has 0 radical (unpaired) electrons. The number of aliphatic hydroxyl groups excluding tert-OH is 1. The van der Waals surface area contributed by atoms with Crippen molar-refractivity contribution in [1.29, 1.82) is 0 Å². The van der Waals surface area contributed by atoms with Crippen LogP contribution in [0.25, 0.3) is 0 Å². The van der Waals surface area contributed by atoms with Gasteiger partial charge in [-0.2, -0.15) is 0 Å². The van der Waals surface area contributed by atoms with Gasteiger partial charge >= 0.3 is 0 Å². The predicted molar refractivity (Wildman–Crippen MR) is 85.9 cm³/mol. The van der Waals surface area contributed by atoms with Gasteiger partial charge in [-0.15, -0.1) is 0 Å². The lowest BCUT2D eigenvalue weighted by Gasteiger charge is -2.15. The fraction of sp³-hybridized carbons (Fsp3) is 0.188. The minimum atomic E-state index is -0.781.